The number of morpholine rings is 1. The highest BCUT2D eigenvalue weighted by molar-refractivity contribution is 7.99. The summed E-state index contributed by atoms with van der Waals surface area (Å²) in [5, 5.41) is 12.5. The number of benzene rings is 2. The zero-order chi connectivity index (χ0) is 22.5. The Bertz CT molecular complexity index is 1100. The van der Waals surface area contributed by atoms with E-state index in [1.165, 1.54) is 11.8 Å². The van der Waals surface area contributed by atoms with Crippen LogP contribution >= 0.6 is 11.8 Å². The Labute approximate surface area is 196 Å². The zero-order valence-electron chi connectivity index (χ0n) is 18.1. The largest absolute Gasteiger partial charge is 0.486 e. The molecule has 0 unspecified atom stereocenters. The number of aromatic nitrogens is 3. The maximum Gasteiger partial charge on any atom is 0.234 e. The summed E-state index contributed by atoms with van der Waals surface area (Å²) in [6.45, 7) is 4.53. The lowest BCUT2D eigenvalue weighted by molar-refractivity contribution is -0.113. The molecule has 9 nitrogen and oxygen atoms in total. The molecule has 1 saturated heterocycles. The highest BCUT2D eigenvalue weighted by Gasteiger charge is 2.21. The maximum atomic E-state index is 12.6. The molecule has 33 heavy (non-hydrogen) atoms. The number of thioether (sulfide) groups is 1. The summed E-state index contributed by atoms with van der Waals surface area (Å²) in [6, 6.07) is 15.6. The third-order valence-corrected chi connectivity index (χ3v) is 6.30. The van der Waals surface area contributed by atoms with Crippen LogP contribution in [0.3, 0.4) is 0 Å². The van der Waals surface area contributed by atoms with Gasteiger partial charge in [0.05, 0.1) is 25.5 Å². The van der Waals surface area contributed by atoms with Gasteiger partial charge in [-0.1, -0.05) is 42.1 Å². The molecule has 3 aromatic rings. The molecule has 0 saturated carbocycles. The van der Waals surface area contributed by atoms with Crippen LogP contribution < -0.4 is 19.7 Å². The molecular weight excluding hydrogens is 442 g/mol. The fourth-order valence-corrected chi connectivity index (χ4v) is 4.47. The molecule has 172 valence electrons. The number of nitrogens with zero attached hydrogens (tertiary/aromatic N) is 4. The number of carbonyl (C=O) groups excluding carboxylic acids is 1. The number of carbonyl (C=O) groups is 1. The van der Waals surface area contributed by atoms with Gasteiger partial charge in [0, 0.05) is 24.8 Å². The van der Waals surface area contributed by atoms with E-state index in [1.807, 2.05) is 30.3 Å². The molecule has 0 bridgehead atoms. The third-order valence-electron chi connectivity index (χ3n) is 5.33. The van der Waals surface area contributed by atoms with Gasteiger partial charge in [-0.3, -0.25) is 9.36 Å². The van der Waals surface area contributed by atoms with Gasteiger partial charge in [-0.25, -0.2) is 0 Å². The Morgan fingerprint density at radius 1 is 0.970 bits per heavy atom. The molecule has 0 atom stereocenters. The fraction of sp³-hybridized carbons (Fsp3) is 0.348. The van der Waals surface area contributed by atoms with Gasteiger partial charge >= 0.3 is 0 Å². The van der Waals surface area contributed by atoms with Gasteiger partial charge in [0.2, 0.25) is 11.9 Å². The lowest BCUT2D eigenvalue weighted by Crippen LogP contribution is -2.38. The van der Waals surface area contributed by atoms with Gasteiger partial charge in [0.1, 0.15) is 13.2 Å². The van der Waals surface area contributed by atoms with Gasteiger partial charge in [-0.15, -0.1) is 10.2 Å². The van der Waals surface area contributed by atoms with Crippen LogP contribution in [0.15, 0.2) is 53.7 Å². The van der Waals surface area contributed by atoms with Crippen molar-refractivity contribution in [2.45, 2.75) is 11.7 Å². The van der Waals surface area contributed by atoms with Crippen molar-refractivity contribution in [2.24, 2.45) is 0 Å². The van der Waals surface area contributed by atoms with E-state index in [0.29, 0.717) is 55.3 Å². The van der Waals surface area contributed by atoms with E-state index in [9.17, 15) is 4.79 Å². The minimum absolute atomic E-state index is 0.126. The number of ether oxygens (including phenoxy) is 3. The first-order valence-corrected chi connectivity index (χ1v) is 11.9. The molecule has 2 aliphatic heterocycles. The number of nitrogens with one attached hydrogen (secondary N) is 1. The molecule has 1 aromatic heterocycles. The first-order valence-electron chi connectivity index (χ1n) is 10.9. The number of anilines is 2. The first kappa shape index (κ1) is 21.6. The Hall–Kier alpha value is -3.24. The van der Waals surface area contributed by atoms with Crippen molar-refractivity contribution in [3.05, 3.63) is 54.1 Å². The van der Waals surface area contributed by atoms with Crippen LogP contribution in [0.2, 0.25) is 0 Å². The monoisotopic (exact) mass is 467 g/mol. The molecule has 2 aromatic carbocycles. The Morgan fingerprint density at radius 3 is 2.58 bits per heavy atom. The van der Waals surface area contributed by atoms with Crippen molar-refractivity contribution in [3.8, 4) is 11.5 Å². The van der Waals surface area contributed by atoms with E-state index in [1.54, 1.807) is 6.07 Å². The van der Waals surface area contributed by atoms with E-state index < -0.39 is 0 Å². The Morgan fingerprint density at radius 2 is 1.76 bits per heavy atom. The van der Waals surface area contributed by atoms with Gasteiger partial charge in [-0.05, 0) is 17.7 Å². The Balaban J connectivity index is 1.28. The molecule has 1 amide bonds. The summed E-state index contributed by atoms with van der Waals surface area (Å²) in [5.74, 6) is 2.23. The van der Waals surface area contributed by atoms with Gasteiger partial charge in [-0.2, -0.15) is 0 Å². The zero-order valence-corrected chi connectivity index (χ0v) is 18.9. The molecule has 10 heteroatoms. The molecule has 5 rings (SSSR count). The topological polar surface area (TPSA) is 90.7 Å². The summed E-state index contributed by atoms with van der Waals surface area (Å²) < 4.78 is 18.7. The average Bonchev–Trinajstić information content (AvgIpc) is 3.26. The van der Waals surface area contributed by atoms with Crippen LogP contribution in [0.25, 0.3) is 0 Å². The fourth-order valence-electron chi connectivity index (χ4n) is 3.74. The van der Waals surface area contributed by atoms with E-state index in [0.717, 1.165) is 24.6 Å². The van der Waals surface area contributed by atoms with Crippen LogP contribution in [0.5, 0.6) is 11.5 Å². The highest BCUT2D eigenvalue weighted by Crippen LogP contribution is 2.32. The van der Waals surface area contributed by atoms with Crippen molar-refractivity contribution >= 4 is 29.3 Å². The molecule has 3 heterocycles. The lowest BCUT2D eigenvalue weighted by atomic mass is 10.2. The number of rotatable bonds is 7. The molecule has 0 radical (unpaired) electrons. The third kappa shape index (κ3) is 5.23. The number of hydrogen-bond donors (Lipinski definition) is 1. The second kappa shape index (κ2) is 10.1. The lowest BCUT2D eigenvalue weighted by Gasteiger charge is -2.28. The van der Waals surface area contributed by atoms with Crippen molar-refractivity contribution in [3.63, 3.8) is 0 Å². The minimum atomic E-state index is -0.126. The summed E-state index contributed by atoms with van der Waals surface area (Å²) in [6.07, 6.45) is 0. The molecular formula is C23H25N5O4S. The predicted molar refractivity (Wildman–Crippen MR) is 125 cm³/mol. The number of hydrogen-bond acceptors (Lipinski definition) is 8. The smallest absolute Gasteiger partial charge is 0.234 e. The first-order chi connectivity index (χ1) is 16.3. The van der Waals surface area contributed by atoms with Crippen LogP contribution in [-0.2, 0) is 16.1 Å². The highest BCUT2D eigenvalue weighted by atomic mass is 32.2. The molecule has 1 fully saturated rings. The summed E-state index contributed by atoms with van der Waals surface area (Å²) in [7, 11) is 0. The van der Waals surface area contributed by atoms with Crippen LogP contribution in [0.1, 0.15) is 5.56 Å². The Kier molecular flexibility index (Phi) is 6.63. The number of fused-ring (bicyclic) bond motifs is 1. The van der Waals surface area contributed by atoms with Gasteiger partial charge in [0.25, 0.3) is 0 Å². The SMILES string of the molecule is O=C(CSc1nnc(N2CCOCC2)n1Cc1ccccc1)Nc1ccc2c(c1)OCCO2. The van der Waals surface area contributed by atoms with Crippen molar-refractivity contribution in [1.29, 1.82) is 0 Å². The van der Waals surface area contributed by atoms with E-state index in [4.69, 9.17) is 14.2 Å². The van der Waals surface area contributed by atoms with E-state index >= 15 is 0 Å². The summed E-state index contributed by atoms with van der Waals surface area (Å²) >= 11 is 1.37. The van der Waals surface area contributed by atoms with Crippen molar-refractivity contribution in [2.75, 3.05) is 55.5 Å². The maximum absolute atomic E-state index is 12.6. The molecule has 0 aliphatic carbocycles. The normalized spacial score (nSPS) is 15.3. The second-order valence-corrected chi connectivity index (χ2v) is 8.59. The van der Waals surface area contributed by atoms with Gasteiger partial charge in [0.15, 0.2) is 16.7 Å². The van der Waals surface area contributed by atoms with Crippen LogP contribution in [0.4, 0.5) is 11.6 Å². The molecule has 1 N–H and O–H groups in total. The molecule has 0 spiro atoms. The predicted octanol–water partition coefficient (Wildman–Crippen LogP) is 2.67. The minimum Gasteiger partial charge on any atom is -0.486 e. The number of amides is 1. The standard InChI is InChI=1S/C23H25N5O4S/c29-21(24-18-6-7-19-20(14-18)32-13-12-31-19)16-33-23-26-25-22(27-8-10-30-11-9-27)28(23)15-17-4-2-1-3-5-17/h1-7,14H,8-13,15-16H2,(H,24,29). The van der Waals surface area contributed by atoms with Crippen molar-refractivity contribution in [1.82, 2.24) is 14.8 Å². The van der Waals surface area contributed by atoms with Crippen LogP contribution in [-0.4, -0.2) is 65.9 Å². The molecule has 2 aliphatic rings. The van der Waals surface area contributed by atoms with Crippen molar-refractivity contribution < 1.29 is 19.0 Å². The van der Waals surface area contributed by atoms with Crippen LogP contribution in [0, 0.1) is 0 Å². The van der Waals surface area contributed by atoms with Gasteiger partial charge < -0.3 is 24.4 Å². The quantitative estimate of drug-likeness (QED) is 0.531. The summed E-state index contributed by atoms with van der Waals surface area (Å²) in [4.78, 5) is 14.8. The summed E-state index contributed by atoms with van der Waals surface area (Å²) in [5.41, 5.74) is 1.82. The van der Waals surface area contributed by atoms with E-state index in [2.05, 4.69) is 37.1 Å². The second-order valence-electron chi connectivity index (χ2n) is 7.65. The van der Waals surface area contributed by atoms with E-state index in [-0.39, 0.29) is 11.7 Å². The average molecular weight is 468 g/mol.